The van der Waals surface area contributed by atoms with Gasteiger partial charge in [-0.2, -0.15) is 4.36 Å². The molecule has 0 radical (unpaired) electrons. The Balaban J connectivity index is 1.46. The quantitative estimate of drug-likeness (QED) is 0.470. The third kappa shape index (κ3) is 4.95. The molecule has 1 aromatic heterocycles. The zero-order chi connectivity index (χ0) is 25.4. The van der Waals surface area contributed by atoms with Gasteiger partial charge in [0.05, 0.1) is 30.1 Å². The van der Waals surface area contributed by atoms with E-state index in [2.05, 4.69) is 14.3 Å². The summed E-state index contributed by atoms with van der Waals surface area (Å²) in [6.45, 7) is 4.59. The van der Waals surface area contributed by atoms with Crippen molar-refractivity contribution in [3.63, 3.8) is 0 Å². The summed E-state index contributed by atoms with van der Waals surface area (Å²) in [4.78, 5) is 8.97. The Morgan fingerprint density at radius 1 is 1.14 bits per heavy atom. The molecule has 3 aromatic rings. The standard InChI is InChI=1S/C26H30FN3O5S/c1-5-36(4,31)30-18-8-15(2)24-19(28-14-29-20(24)11-18)9-16-6-7-17(27)10-21(16)35-23-13-34-25-22(32-3)12-33-26(23)25/h6-8,10-11,14,22-23,25-26H,5,9,12-13H2,1-4H3/t22-,23-,25-,26-,36?/m1/s1. The molecule has 2 saturated heterocycles. The van der Waals surface area contributed by atoms with Gasteiger partial charge >= 0.3 is 0 Å². The molecule has 8 nitrogen and oxygen atoms in total. The molecule has 2 aromatic carbocycles. The summed E-state index contributed by atoms with van der Waals surface area (Å²) < 4.78 is 54.6. The molecular formula is C26H30FN3O5S. The molecule has 36 heavy (non-hydrogen) atoms. The molecule has 0 bridgehead atoms. The van der Waals surface area contributed by atoms with Crippen LogP contribution < -0.4 is 4.74 Å². The van der Waals surface area contributed by atoms with Crippen LogP contribution in [0.2, 0.25) is 0 Å². The summed E-state index contributed by atoms with van der Waals surface area (Å²) in [5, 5.41) is 0.886. The van der Waals surface area contributed by atoms with Gasteiger partial charge in [-0.1, -0.05) is 13.0 Å². The van der Waals surface area contributed by atoms with Gasteiger partial charge in [0.25, 0.3) is 0 Å². The van der Waals surface area contributed by atoms with Crippen molar-refractivity contribution in [3.05, 3.63) is 59.3 Å². The Bertz CT molecular complexity index is 1410. The van der Waals surface area contributed by atoms with Gasteiger partial charge in [0.15, 0.2) is 6.10 Å². The third-order valence-electron chi connectivity index (χ3n) is 6.76. The van der Waals surface area contributed by atoms with Crippen molar-refractivity contribution in [2.45, 2.75) is 44.7 Å². The molecule has 0 aliphatic carbocycles. The summed E-state index contributed by atoms with van der Waals surface area (Å²) in [5.41, 5.74) is 3.84. The van der Waals surface area contributed by atoms with Crippen LogP contribution in [0.5, 0.6) is 5.75 Å². The van der Waals surface area contributed by atoms with E-state index in [1.54, 1.807) is 19.4 Å². The highest BCUT2D eigenvalue weighted by molar-refractivity contribution is 7.93. The number of hydrogen-bond acceptors (Lipinski definition) is 8. The van der Waals surface area contributed by atoms with Crippen LogP contribution in [0.25, 0.3) is 10.9 Å². The number of hydrogen-bond donors (Lipinski definition) is 0. The van der Waals surface area contributed by atoms with Crippen LogP contribution in [0.15, 0.2) is 41.0 Å². The Hall–Kier alpha value is -2.66. The second-order valence-electron chi connectivity index (χ2n) is 9.27. The van der Waals surface area contributed by atoms with E-state index in [0.717, 1.165) is 22.2 Å². The molecular weight excluding hydrogens is 485 g/mol. The van der Waals surface area contributed by atoms with Crippen LogP contribution in [0.1, 0.15) is 23.7 Å². The predicted molar refractivity (Wildman–Crippen MR) is 135 cm³/mol. The normalized spacial score (nSPS) is 25.0. The van der Waals surface area contributed by atoms with E-state index in [1.165, 1.54) is 18.5 Å². The molecule has 2 aliphatic heterocycles. The highest BCUT2D eigenvalue weighted by Gasteiger charge is 2.49. The summed E-state index contributed by atoms with van der Waals surface area (Å²) >= 11 is 0. The van der Waals surface area contributed by atoms with E-state index in [9.17, 15) is 8.60 Å². The maximum Gasteiger partial charge on any atom is 0.151 e. The summed E-state index contributed by atoms with van der Waals surface area (Å²) in [6, 6.07) is 8.25. The van der Waals surface area contributed by atoms with Gasteiger partial charge in [0.1, 0.15) is 36.2 Å². The number of halogens is 1. The lowest BCUT2D eigenvalue weighted by Gasteiger charge is -2.20. The highest BCUT2D eigenvalue weighted by Crippen LogP contribution is 2.34. The lowest BCUT2D eigenvalue weighted by molar-refractivity contribution is -0.0139. The van der Waals surface area contributed by atoms with E-state index in [0.29, 0.717) is 42.3 Å². The Kier molecular flexibility index (Phi) is 6.95. The molecule has 0 spiro atoms. The summed E-state index contributed by atoms with van der Waals surface area (Å²) in [5.74, 6) is 0.510. The second-order valence-corrected chi connectivity index (χ2v) is 12.0. The largest absolute Gasteiger partial charge is 0.485 e. The van der Waals surface area contributed by atoms with E-state index in [-0.39, 0.29) is 30.2 Å². The predicted octanol–water partition coefficient (Wildman–Crippen LogP) is 3.98. The van der Waals surface area contributed by atoms with Gasteiger partial charge in [-0.05, 0) is 30.7 Å². The average molecular weight is 516 g/mol. The molecule has 1 unspecified atom stereocenters. The smallest absolute Gasteiger partial charge is 0.151 e. The Morgan fingerprint density at radius 3 is 2.64 bits per heavy atom. The van der Waals surface area contributed by atoms with Gasteiger partial charge in [-0.25, -0.2) is 18.6 Å². The number of benzene rings is 2. The average Bonchev–Trinajstić information content (AvgIpc) is 3.43. The molecule has 0 saturated carbocycles. The fourth-order valence-corrected chi connectivity index (χ4v) is 5.47. The minimum absolute atomic E-state index is 0.138. The van der Waals surface area contributed by atoms with Crippen molar-refractivity contribution in [2.24, 2.45) is 4.36 Å². The van der Waals surface area contributed by atoms with Crippen LogP contribution in [-0.4, -0.2) is 70.9 Å². The van der Waals surface area contributed by atoms with Gasteiger partial charge < -0.3 is 18.9 Å². The number of aromatic nitrogens is 2. The number of aryl methyl sites for hydroxylation is 1. The first-order valence-corrected chi connectivity index (χ1v) is 14.0. The van der Waals surface area contributed by atoms with Gasteiger partial charge in [-0.3, -0.25) is 0 Å². The van der Waals surface area contributed by atoms with E-state index in [1.807, 2.05) is 26.0 Å². The molecule has 0 amide bonds. The molecule has 5 atom stereocenters. The molecule has 192 valence electrons. The highest BCUT2D eigenvalue weighted by atomic mass is 32.2. The Labute approximate surface area is 210 Å². The fourth-order valence-electron chi connectivity index (χ4n) is 4.79. The number of methoxy groups -OCH3 is 1. The maximum absolute atomic E-state index is 14.2. The zero-order valence-electron chi connectivity index (χ0n) is 20.8. The Morgan fingerprint density at radius 2 is 1.89 bits per heavy atom. The number of fused-ring (bicyclic) bond motifs is 2. The zero-order valence-corrected chi connectivity index (χ0v) is 21.6. The fraction of sp³-hybridized carbons (Fsp3) is 0.462. The molecule has 0 N–H and O–H groups in total. The van der Waals surface area contributed by atoms with Gasteiger partial charge in [0, 0.05) is 52.3 Å². The van der Waals surface area contributed by atoms with Crippen molar-refractivity contribution in [1.29, 1.82) is 0 Å². The van der Waals surface area contributed by atoms with Crippen molar-refractivity contribution < 1.29 is 27.5 Å². The SMILES string of the molecule is CCS(C)(=O)=Nc1cc(C)c2c(Cc3ccc(F)cc3O[C@@H]3CO[C@H]4[C@@H]3OC[C@H]4OC)ncnc2c1. The van der Waals surface area contributed by atoms with Gasteiger partial charge in [0.2, 0.25) is 0 Å². The van der Waals surface area contributed by atoms with Crippen LogP contribution in [0, 0.1) is 12.7 Å². The molecule has 2 aliphatic rings. The molecule has 2 fully saturated rings. The lowest BCUT2D eigenvalue weighted by Crippen LogP contribution is -2.35. The van der Waals surface area contributed by atoms with Crippen LogP contribution in [-0.2, 0) is 30.4 Å². The summed E-state index contributed by atoms with van der Waals surface area (Å²) in [7, 11) is -0.665. The number of nitrogens with zero attached hydrogens (tertiary/aromatic N) is 3. The topological polar surface area (TPSA) is 92.1 Å². The molecule has 3 heterocycles. The van der Waals surface area contributed by atoms with Crippen molar-refractivity contribution in [3.8, 4) is 5.75 Å². The first-order valence-electron chi connectivity index (χ1n) is 11.9. The van der Waals surface area contributed by atoms with E-state index >= 15 is 0 Å². The lowest BCUT2D eigenvalue weighted by atomic mass is 10.0. The van der Waals surface area contributed by atoms with Gasteiger partial charge in [-0.15, -0.1) is 0 Å². The van der Waals surface area contributed by atoms with Crippen LogP contribution >= 0.6 is 0 Å². The summed E-state index contributed by atoms with van der Waals surface area (Å²) in [6.07, 6.45) is 2.59. The van der Waals surface area contributed by atoms with E-state index in [4.69, 9.17) is 18.9 Å². The second kappa shape index (κ2) is 10.0. The monoisotopic (exact) mass is 515 g/mol. The third-order valence-corrected chi connectivity index (χ3v) is 8.43. The van der Waals surface area contributed by atoms with Crippen molar-refractivity contribution in [2.75, 3.05) is 32.3 Å². The minimum Gasteiger partial charge on any atom is -0.485 e. The number of rotatable bonds is 7. The van der Waals surface area contributed by atoms with Crippen LogP contribution in [0.3, 0.4) is 0 Å². The number of ether oxygens (including phenoxy) is 4. The molecule has 5 rings (SSSR count). The van der Waals surface area contributed by atoms with Crippen molar-refractivity contribution >= 4 is 26.3 Å². The first kappa shape index (κ1) is 25.0. The van der Waals surface area contributed by atoms with Crippen molar-refractivity contribution in [1.82, 2.24) is 9.97 Å². The molecule has 10 heteroatoms. The van der Waals surface area contributed by atoms with Crippen LogP contribution in [0.4, 0.5) is 10.1 Å². The van der Waals surface area contributed by atoms with E-state index < -0.39 is 9.73 Å². The maximum atomic E-state index is 14.2. The first-order chi connectivity index (χ1) is 17.3. The minimum atomic E-state index is -2.30.